The summed E-state index contributed by atoms with van der Waals surface area (Å²) in [6.07, 6.45) is 10.4. The van der Waals surface area contributed by atoms with Gasteiger partial charge in [0.05, 0.1) is 18.6 Å². The van der Waals surface area contributed by atoms with Crippen LogP contribution in [0.1, 0.15) is 106 Å². The van der Waals surface area contributed by atoms with Gasteiger partial charge in [0.1, 0.15) is 11.4 Å². The highest BCUT2D eigenvalue weighted by atomic mass is 16.7. The fourth-order valence-electron chi connectivity index (χ4n) is 11.1. The standard InChI is InChI=1S/C32H48O5/c1-20(2)18-21(33)19-30(7)25-11-12-29(6)23-8-9-24-27(3,4)32(35-16-17-36-32)15-14-28(24,5)22(23)10-13-31(25,29)26(34)37-30/h10,20,23-25H,8-9,11-19H2,1-7H3. The lowest BCUT2D eigenvalue weighted by molar-refractivity contribution is -0.285. The number of hydrogen-bond acceptors (Lipinski definition) is 5. The second-order valence-corrected chi connectivity index (χ2v) is 15.1. The van der Waals surface area contributed by atoms with E-state index >= 15 is 0 Å². The molecule has 37 heavy (non-hydrogen) atoms. The van der Waals surface area contributed by atoms with Gasteiger partial charge in [0.2, 0.25) is 0 Å². The molecule has 6 aliphatic rings. The number of hydrogen-bond donors (Lipinski definition) is 0. The van der Waals surface area contributed by atoms with Crippen LogP contribution in [0.3, 0.4) is 0 Å². The van der Waals surface area contributed by atoms with Crippen molar-refractivity contribution in [1.82, 2.24) is 0 Å². The first kappa shape index (κ1) is 26.0. The zero-order valence-corrected chi connectivity index (χ0v) is 24.2. The van der Waals surface area contributed by atoms with Crippen LogP contribution >= 0.6 is 0 Å². The number of ether oxygens (including phenoxy) is 3. The summed E-state index contributed by atoms with van der Waals surface area (Å²) in [6.45, 7) is 17.2. The van der Waals surface area contributed by atoms with Crippen molar-refractivity contribution in [3.05, 3.63) is 11.6 Å². The van der Waals surface area contributed by atoms with Gasteiger partial charge in [0.25, 0.3) is 0 Å². The Hall–Kier alpha value is -1.20. The Morgan fingerprint density at radius 2 is 1.68 bits per heavy atom. The van der Waals surface area contributed by atoms with Crippen molar-refractivity contribution in [1.29, 1.82) is 0 Å². The van der Waals surface area contributed by atoms with E-state index in [-0.39, 0.29) is 33.9 Å². The van der Waals surface area contributed by atoms with Crippen LogP contribution in [0.5, 0.6) is 0 Å². The minimum atomic E-state index is -0.677. The number of fused-ring (bicyclic) bond motifs is 4. The summed E-state index contributed by atoms with van der Waals surface area (Å²) in [4.78, 5) is 26.9. The maximum absolute atomic E-state index is 14.0. The topological polar surface area (TPSA) is 61.8 Å². The molecular formula is C32H48O5. The fraction of sp³-hybridized carbons (Fsp3) is 0.875. The molecule has 206 valence electrons. The first-order chi connectivity index (χ1) is 17.3. The van der Waals surface area contributed by atoms with Gasteiger partial charge in [0.15, 0.2) is 5.79 Å². The second kappa shape index (κ2) is 7.93. The van der Waals surface area contributed by atoms with E-state index in [4.69, 9.17) is 14.2 Å². The van der Waals surface area contributed by atoms with Gasteiger partial charge in [-0.05, 0) is 74.0 Å². The van der Waals surface area contributed by atoms with Gasteiger partial charge < -0.3 is 14.2 Å². The highest BCUT2D eigenvalue weighted by Gasteiger charge is 2.76. The van der Waals surface area contributed by atoms with Crippen LogP contribution < -0.4 is 0 Å². The highest BCUT2D eigenvalue weighted by Crippen LogP contribution is 2.76. The van der Waals surface area contributed by atoms with Crippen LogP contribution in [0, 0.1) is 45.3 Å². The van der Waals surface area contributed by atoms with E-state index in [0.717, 1.165) is 44.9 Å². The van der Waals surface area contributed by atoms with Gasteiger partial charge in [-0.3, -0.25) is 9.59 Å². The van der Waals surface area contributed by atoms with Gasteiger partial charge >= 0.3 is 5.97 Å². The van der Waals surface area contributed by atoms with Crippen molar-refractivity contribution >= 4 is 11.8 Å². The van der Waals surface area contributed by atoms with Gasteiger partial charge in [0, 0.05) is 30.6 Å². The molecule has 7 atom stereocenters. The quantitative estimate of drug-likeness (QED) is 0.312. The van der Waals surface area contributed by atoms with Crippen LogP contribution in [0.4, 0.5) is 0 Å². The maximum Gasteiger partial charge on any atom is 0.313 e. The van der Waals surface area contributed by atoms with Gasteiger partial charge in [-0.15, -0.1) is 0 Å². The molecule has 5 fully saturated rings. The van der Waals surface area contributed by atoms with Gasteiger partial charge in [-0.1, -0.05) is 53.2 Å². The lowest BCUT2D eigenvalue weighted by Gasteiger charge is -2.65. The average molecular weight is 513 g/mol. The number of cyclic esters (lactones) is 1. The molecule has 7 unspecified atom stereocenters. The third-order valence-electron chi connectivity index (χ3n) is 12.7. The molecule has 2 heterocycles. The Kier molecular flexibility index (Phi) is 5.58. The molecule has 6 rings (SSSR count). The molecule has 0 aromatic heterocycles. The van der Waals surface area contributed by atoms with E-state index < -0.39 is 16.8 Å². The van der Waals surface area contributed by atoms with Crippen molar-refractivity contribution in [2.45, 2.75) is 118 Å². The predicted molar refractivity (Wildman–Crippen MR) is 142 cm³/mol. The number of carbonyl (C=O) groups is 2. The third-order valence-corrected chi connectivity index (χ3v) is 12.7. The molecule has 0 aromatic carbocycles. The fourth-order valence-corrected chi connectivity index (χ4v) is 11.1. The van der Waals surface area contributed by atoms with Crippen molar-refractivity contribution in [2.75, 3.05) is 13.2 Å². The molecule has 5 nitrogen and oxygen atoms in total. The maximum atomic E-state index is 14.0. The smallest absolute Gasteiger partial charge is 0.313 e. The lowest BCUT2D eigenvalue weighted by atomic mass is 9.40. The van der Waals surface area contributed by atoms with E-state index in [0.29, 0.717) is 43.8 Å². The van der Waals surface area contributed by atoms with Gasteiger partial charge in [-0.25, -0.2) is 0 Å². The first-order valence-electron chi connectivity index (χ1n) is 15.0. The highest BCUT2D eigenvalue weighted by molar-refractivity contribution is 5.86. The largest absolute Gasteiger partial charge is 0.458 e. The Morgan fingerprint density at radius 1 is 0.973 bits per heavy atom. The third kappa shape index (κ3) is 3.11. The molecule has 2 aliphatic heterocycles. The van der Waals surface area contributed by atoms with Crippen molar-refractivity contribution in [3.63, 3.8) is 0 Å². The summed E-state index contributed by atoms with van der Waals surface area (Å²) < 4.78 is 18.9. The Bertz CT molecular complexity index is 1040. The summed E-state index contributed by atoms with van der Waals surface area (Å²) in [5.41, 5.74) is 0.318. The van der Waals surface area contributed by atoms with E-state index in [1.165, 1.54) is 0 Å². The summed E-state index contributed by atoms with van der Waals surface area (Å²) in [5.74, 6) is 1.06. The van der Waals surface area contributed by atoms with Crippen LogP contribution in [0.15, 0.2) is 11.6 Å². The van der Waals surface area contributed by atoms with Crippen molar-refractivity contribution in [2.24, 2.45) is 45.3 Å². The monoisotopic (exact) mass is 512 g/mol. The normalized spacial score (nSPS) is 47.2. The number of ketones is 1. The molecule has 0 amide bonds. The second-order valence-electron chi connectivity index (χ2n) is 15.1. The number of rotatable bonds is 4. The molecule has 0 aromatic rings. The van der Waals surface area contributed by atoms with Gasteiger partial charge in [-0.2, -0.15) is 0 Å². The molecule has 2 saturated heterocycles. The minimum absolute atomic E-state index is 0.0318. The molecule has 4 aliphatic carbocycles. The minimum Gasteiger partial charge on any atom is -0.458 e. The molecule has 3 saturated carbocycles. The van der Waals surface area contributed by atoms with Crippen LogP contribution in [-0.2, 0) is 23.8 Å². The molecule has 2 spiro atoms. The van der Waals surface area contributed by atoms with E-state index in [1.54, 1.807) is 5.57 Å². The Labute approximate surface area is 223 Å². The molecule has 0 N–H and O–H groups in total. The molecule has 0 bridgehead atoms. The van der Waals surface area contributed by atoms with Crippen LogP contribution in [0.2, 0.25) is 0 Å². The van der Waals surface area contributed by atoms with Crippen molar-refractivity contribution < 1.29 is 23.8 Å². The number of esters is 1. The zero-order chi connectivity index (χ0) is 26.6. The number of Topliss-reactive ketones (excluding diaryl/α,β-unsaturated/α-hetero) is 1. The molecule has 5 heteroatoms. The summed E-state index contributed by atoms with van der Waals surface area (Å²) >= 11 is 0. The summed E-state index contributed by atoms with van der Waals surface area (Å²) in [5, 5.41) is 0. The number of allylic oxidation sites excluding steroid dienone is 2. The SMILES string of the molecule is CC(C)CC(=O)CC1(C)OC(=O)C23CC=C4C(CCC5C4(C)CCC4(OCCO4)C5(C)C)C2(C)CCC13. The molecule has 0 radical (unpaired) electrons. The Morgan fingerprint density at radius 3 is 2.35 bits per heavy atom. The number of carbonyl (C=O) groups excluding carboxylic acids is 2. The Balaban J connectivity index is 1.35. The van der Waals surface area contributed by atoms with E-state index in [1.807, 2.05) is 0 Å². The first-order valence-corrected chi connectivity index (χ1v) is 15.0. The van der Waals surface area contributed by atoms with Crippen LogP contribution in [0.25, 0.3) is 0 Å². The van der Waals surface area contributed by atoms with Crippen LogP contribution in [-0.4, -0.2) is 36.4 Å². The van der Waals surface area contributed by atoms with E-state index in [9.17, 15) is 9.59 Å². The summed E-state index contributed by atoms with van der Waals surface area (Å²) in [6, 6.07) is 0. The average Bonchev–Trinajstić information content (AvgIpc) is 3.45. The molecular weight excluding hydrogens is 464 g/mol. The lowest BCUT2D eigenvalue weighted by Crippen LogP contribution is -2.63. The van der Waals surface area contributed by atoms with E-state index in [2.05, 4.69) is 54.5 Å². The van der Waals surface area contributed by atoms with Crippen molar-refractivity contribution in [3.8, 4) is 0 Å². The predicted octanol–water partition coefficient (Wildman–Crippen LogP) is 6.64. The summed E-state index contributed by atoms with van der Waals surface area (Å²) in [7, 11) is 0. The zero-order valence-electron chi connectivity index (χ0n) is 24.2.